The first-order chi connectivity index (χ1) is 30.6. The molecule has 0 unspecified atom stereocenters. The zero-order chi connectivity index (χ0) is 49.0. The molecule has 0 bridgehead atoms. The summed E-state index contributed by atoms with van der Waals surface area (Å²) < 4.78 is 0. The van der Waals surface area contributed by atoms with E-state index in [9.17, 15) is 43.8 Å². The Balaban J connectivity index is 2.41. The lowest BCUT2D eigenvalue weighted by Gasteiger charge is -2.31. The molecule has 0 aliphatic heterocycles. The van der Waals surface area contributed by atoms with Crippen molar-refractivity contribution in [3.8, 4) is 0 Å². The predicted octanol–water partition coefficient (Wildman–Crippen LogP) is -0.657. The van der Waals surface area contributed by atoms with Crippen LogP contribution in [0.2, 0.25) is 0 Å². The number of aliphatic carboxylic acids is 1. The number of nitrogens with zero attached hydrogens (tertiary/aromatic N) is 1. The normalized spacial score (nSPS) is 15.6. The summed E-state index contributed by atoms with van der Waals surface area (Å²) in [5.41, 5.74) is 23.8. The van der Waals surface area contributed by atoms with Gasteiger partial charge in [-0.3, -0.25) is 33.8 Å². The predicted molar refractivity (Wildman–Crippen MR) is 247 cm³/mol. The number of unbranched alkanes of at least 4 members (excludes halogenated alkanes) is 1. The van der Waals surface area contributed by atoms with Gasteiger partial charge in [-0.15, -0.1) is 0 Å². The molecule has 17 N–H and O–H groups in total. The number of H-pyrrole nitrogens is 1. The second-order valence-electron chi connectivity index (χ2n) is 17.4. The first kappa shape index (κ1) is 55.3. The number of carbonyl (C=O) groups excluding carboxylic acids is 6. The maximum Gasteiger partial charge on any atom is 0.326 e. The van der Waals surface area contributed by atoms with Gasteiger partial charge in [0, 0.05) is 30.1 Å². The number of para-hydroxylation sites is 1. The maximum atomic E-state index is 14.2. The van der Waals surface area contributed by atoms with Gasteiger partial charge in [0.15, 0.2) is 5.96 Å². The largest absolute Gasteiger partial charge is 0.480 e. The van der Waals surface area contributed by atoms with Crippen LogP contribution in [-0.4, -0.2) is 124 Å². The fourth-order valence-electron chi connectivity index (χ4n) is 6.98. The number of benzene rings is 1. The van der Waals surface area contributed by atoms with Crippen LogP contribution < -0.4 is 54.8 Å². The molecule has 21 nitrogen and oxygen atoms in total. The number of amides is 6. The van der Waals surface area contributed by atoms with Crippen molar-refractivity contribution < 1.29 is 43.8 Å². The van der Waals surface area contributed by atoms with Crippen molar-refractivity contribution in [2.45, 2.75) is 148 Å². The summed E-state index contributed by atoms with van der Waals surface area (Å²) in [6.07, 6.45) is 2.45. The van der Waals surface area contributed by atoms with Crippen LogP contribution in [0.25, 0.3) is 10.9 Å². The van der Waals surface area contributed by atoms with Crippen molar-refractivity contribution in [3.63, 3.8) is 0 Å². The molecular weight excluding hydrogens is 841 g/mol. The van der Waals surface area contributed by atoms with Gasteiger partial charge in [-0.1, -0.05) is 66.2 Å². The van der Waals surface area contributed by atoms with Crippen LogP contribution in [0.4, 0.5) is 0 Å². The summed E-state index contributed by atoms with van der Waals surface area (Å²) in [6, 6.07) is -1.25. The van der Waals surface area contributed by atoms with E-state index in [0.29, 0.717) is 31.4 Å². The van der Waals surface area contributed by atoms with Gasteiger partial charge in [-0.25, -0.2) is 4.79 Å². The summed E-state index contributed by atoms with van der Waals surface area (Å²) in [4.78, 5) is 102. The summed E-state index contributed by atoms with van der Waals surface area (Å²) in [7, 11) is 0. The van der Waals surface area contributed by atoms with Gasteiger partial charge in [0.1, 0.15) is 42.3 Å². The third-order valence-corrected chi connectivity index (χ3v) is 11.1. The minimum atomic E-state index is -1.34. The van der Waals surface area contributed by atoms with Crippen molar-refractivity contribution in [1.29, 1.82) is 0 Å². The second kappa shape index (κ2) is 27.5. The number of aliphatic hydroxyl groups excluding tert-OH is 1. The average Bonchev–Trinajstić information content (AvgIpc) is 3.65. The highest BCUT2D eigenvalue weighted by Crippen LogP contribution is 2.20. The monoisotopic (exact) mass is 915 g/mol. The van der Waals surface area contributed by atoms with Crippen molar-refractivity contribution in [2.75, 3.05) is 13.1 Å². The Morgan fingerprint density at radius 2 is 1.26 bits per heavy atom. The van der Waals surface area contributed by atoms with Gasteiger partial charge in [0.2, 0.25) is 35.4 Å². The number of hydrogen-bond acceptors (Lipinski definition) is 11. The average molecular weight is 915 g/mol. The van der Waals surface area contributed by atoms with E-state index in [2.05, 4.69) is 41.9 Å². The van der Waals surface area contributed by atoms with E-state index in [4.69, 9.17) is 22.9 Å². The van der Waals surface area contributed by atoms with Gasteiger partial charge in [0.05, 0.1) is 6.10 Å². The van der Waals surface area contributed by atoms with Crippen LogP contribution >= 0.6 is 0 Å². The number of aromatic nitrogens is 1. The Labute approximate surface area is 381 Å². The molecule has 9 atom stereocenters. The number of hydrogen-bond donors (Lipinski definition) is 13. The lowest BCUT2D eigenvalue weighted by Crippen LogP contribution is -2.62. The molecule has 2 aromatic rings. The molecule has 21 heteroatoms. The Morgan fingerprint density at radius 3 is 1.85 bits per heavy atom. The summed E-state index contributed by atoms with van der Waals surface area (Å²) in [5, 5.41) is 36.8. The van der Waals surface area contributed by atoms with Crippen LogP contribution in [0.5, 0.6) is 0 Å². The van der Waals surface area contributed by atoms with Gasteiger partial charge in [-0.2, -0.15) is 0 Å². The number of aliphatic hydroxyl groups is 1. The van der Waals surface area contributed by atoms with Crippen molar-refractivity contribution >= 4 is 58.3 Å². The third-order valence-electron chi connectivity index (χ3n) is 11.1. The topological polar surface area (TPSA) is 364 Å². The Hall–Kier alpha value is -5.80. The quantitative estimate of drug-likeness (QED) is 0.0274. The molecule has 0 saturated carbocycles. The van der Waals surface area contributed by atoms with Crippen molar-refractivity contribution in [1.82, 2.24) is 36.9 Å². The number of aromatic amines is 1. The number of rotatable bonds is 29. The fraction of sp³-hybridized carbons (Fsp3) is 0.636. The molecule has 6 amide bonds. The number of nitrogens with one attached hydrogen (secondary N) is 7. The molecule has 1 heterocycles. The highest BCUT2D eigenvalue weighted by molar-refractivity contribution is 5.97. The van der Waals surface area contributed by atoms with E-state index in [-0.39, 0.29) is 50.5 Å². The van der Waals surface area contributed by atoms with E-state index in [0.717, 1.165) is 10.9 Å². The number of nitrogens with two attached hydrogens (primary N) is 4. The molecule has 0 fully saturated rings. The van der Waals surface area contributed by atoms with Crippen LogP contribution in [0.1, 0.15) is 99.0 Å². The fourth-order valence-corrected chi connectivity index (χ4v) is 6.98. The first-order valence-corrected chi connectivity index (χ1v) is 22.4. The second-order valence-corrected chi connectivity index (χ2v) is 17.4. The molecule has 65 heavy (non-hydrogen) atoms. The van der Waals surface area contributed by atoms with E-state index in [1.807, 2.05) is 45.0 Å². The smallest absolute Gasteiger partial charge is 0.326 e. The number of guanidine groups is 1. The summed E-state index contributed by atoms with van der Waals surface area (Å²) >= 11 is 0. The Morgan fingerprint density at radius 1 is 0.708 bits per heavy atom. The molecule has 0 saturated heterocycles. The standard InChI is InChI=1S/C44H74N12O9/c1-8-25(6)36(56-37(58)30(16-11-12-18-45)51-38(59)32(20-23(2)3)53-40(61)34(46)26(7)57)42(63)55-35(24(4)5)41(62)54-33(21-27-22-50-29-15-10-9-14-28(27)29)39(60)52-31(43(64)65)17-13-19-49-44(47)48/h9-10,14-15,22-26,30-36,50,57H,8,11-13,16-21,45-46H2,1-7H3,(H,51,59)(H,52,60)(H,53,61)(H,54,62)(H,55,63)(H,56,58)(H,64,65)(H4,47,48,49)/t25-,26+,30-,31-,32-,33-,34-,35-,36-/m1/s1. The van der Waals surface area contributed by atoms with Gasteiger partial charge >= 0.3 is 5.97 Å². The zero-order valence-corrected chi connectivity index (χ0v) is 38.8. The Bertz CT molecular complexity index is 1920. The van der Waals surface area contributed by atoms with E-state index >= 15 is 0 Å². The number of carbonyl (C=O) groups is 7. The number of carboxylic acid groups (broad SMARTS) is 1. The van der Waals surface area contributed by atoms with Crippen molar-refractivity contribution in [3.05, 3.63) is 36.0 Å². The number of carboxylic acids is 1. The molecule has 2 rings (SSSR count). The van der Waals surface area contributed by atoms with E-state index < -0.39 is 102 Å². The third kappa shape index (κ3) is 18.3. The van der Waals surface area contributed by atoms with Crippen LogP contribution in [0, 0.1) is 17.8 Å². The van der Waals surface area contributed by atoms with Gasteiger partial charge < -0.3 is 70.0 Å². The summed E-state index contributed by atoms with van der Waals surface area (Å²) in [5.74, 6) is -6.82. The SMILES string of the molecule is CC[C@@H](C)[C@@H](NC(=O)[C@@H](CCCCN)NC(=O)[C@@H](CC(C)C)NC(=O)[C@H](N)[C@H](C)O)C(=O)N[C@@H](C(=O)N[C@H](Cc1c[nH]c2ccccc12)C(=O)N[C@H](CCCN=C(N)N)C(=O)O)C(C)C. The first-order valence-electron chi connectivity index (χ1n) is 22.4. The van der Waals surface area contributed by atoms with Gasteiger partial charge in [0.25, 0.3) is 0 Å². The minimum absolute atomic E-state index is 0.00960. The minimum Gasteiger partial charge on any atom is -0.480 e. The molecule has 1 aromatic heterocycles. The molecule has 0 aliphatic carbocycles. The van der Waals surface area contributed by atoms with Crippen LogP contribution in [0.3, 0.4) is 0 Å². The van der Waals surface area contributed by atoms with Gasteiger partial charge in [-0.05, 0) is 81.4 Å². The molecule has 0 radical (unpaired) electrons. The molecule has 0 aliphatic rings. The lowest BCUT2D eigenvalue weighted by atomic mass is 9.95. The molecular formula is C44H74N12O9. The molecule has 364 valence electrons. The van der Waals surface area contributed by atoms with Crippen LogP contribution in [0.15, 0.2) is 35.5 Å². The maximum absolute atomic E-state index is 14.2. The van der Waals surface area contributed by atoms with E-state index in [1.165, 1.54) is 6.92 Å². The van der Waals surface area contributed by atoms with E-state index in [1.54, 1.807) is 27.0 Å². The highest BCUT2D eigenvalue weighted by atomic mass is 16.4. The number of aliphatic imine (C=N–C) groups is 1. The molecule has 1 aromatic carbocycles. The summed E-state index contributed by atoms with van der Waals surface area (Å²) in [6.45, 7) is 12.5. The zero-order valence-electron chi connectivity index (χ0n) is 38.8. The lowest BCUT2D eigenvalue weighted by molar-refractivity contribution is -0.142. The van der Waals surface area contributed by atoms with Crippen LogP contribution in [-0.2, 0) is 40.0 Å². The Kier molecular flexibility index (Phi) is 23.4. The molecule has 0 spiro atoms. The number of fused-ring (bicyclic) bond motifs is 1. The van der Waals surface area contributed by atoms with Crippen molar-refractivity contribution in [2.24, 2.45) is 45.7 Å². The highest BCUT2D eigenvalue weighted by Gasteiger charge is 2.36.